The molecule has 0 spiro atoms. The molecule has 1 aromatic carbocycles. The molecule has 6 heteroatoms. The Morgan fingerprint density at radius 1 is 1.28 bits per heavy atom. The van der Waals surface area contributed by atoms with Gasteiger partial charge in [-0.1, -0.05) is 30.3 Å². The Kier molecular flexibility index (Phi) is 3.87. The molecular formula is C19H20N4O2. The number of aryl methyl sites for hydroxylation is 1. The van der Waals surface area contributed by atoms with Crippen molar-refractivity contribution in [1.29, 1.82) is 0 Å². The molecule has 0 unspecified atom stereocenters. The van der Waals surface area contributed by atoms with Crippen LogP contribution in [0.25, 0.3) is 5.65 Å². The fraction of sp³-hybridized carbons (Fsp3) is 0.316. The summed E-state index contributed by atoms with van der Waals surface area (Å²) >= 11 is 0. The number of aromatic nitrogens is 3. The molecule has 0 radical (unpaired) electrons. The second-order valence-electron chi connectivity index (χ2n) is 6.81. The van der Waals surface area contributed by atoms with Crippen molar-refractivity contribution in [2.45, 2.75) is 32.1 Å². The van der Waals surface area contributed by atoms with Gasteiger partial charge in [-0.3, -0.25) is 14.7 Å². The van der Waals surface area contributed by atoms with Crippen molar-refractivity contribution in [3.05, 3.63) is 64.1 Å². The molecule has 1 aliphatic carbocycles. The van der Waals surface area contributed by atoms with Crippen LogP contribution in [0.3, 0.4) is 0 Å². The Balaban J connectivity index is 1.36. The number of nitrogens with zero attached hydrogens (tertiary/aromatic N) is 2. The average Bonchev–Trinajstić information content (AvgIpc) is 2.92. The maximum atomic E-state index is 12.2. The lowest BCUT2D eigenvalue weighted by molar-refractivity contribution is -0.117. The van der Waals surface area contributed by atoms with Crippen molar-refractivity contribution in [2.75, 3.05) is 5.32 Å². The molecule has 2 heterocycles. The normalized spacial score (nSPS) is 19.6. The van der Waals surface area contributed by atoms with Crippen LogP contribution in [0.2, 0.25) is 0 Å². The number of benzene rings is 1. The largest absolute Gasteiger partial charge is 0.310 e. The number of fused-ring (bicyclic) bond motifs is 1. The number of hydrogen-bond donors (Lipinski definition) is 2. The maximum Gasteiger partial charge on any atom is 0.274 e. The zero-order chi connectivity index (χ0) is 17.4. The minimum atomic E-state index is -0.235. The Bertz CT molecular complexity index is 968. The summed E-state index contributed by atoms with van der Waals surface area (Å²) < 4.78 is 1.36. The standard InChI is InChI=1S/C19H20N4O2/c1-12-7-17-20-16(11-19(25)23(17)22-12)21-18(24)10-13-8-15(9-13)14-5-3-2-4-6-14/h2-7,11,13,15,22H,8-10H2,1H3,(H,21,24). The van der Waals surface area contributed by atoms with Gasteiger partial charge in [-0.15, -0.1) is 0 Å². The van der Waals surface area contributed by atoms with E-state index in [9.17, 15) is 9.59 Å². The van der Waals surface area contributed by atoms with E-state index in [0.717, 1.165) is 18.5 Å². The van der Waals surface area contributed by atoms with Crippen molar-refractivity contribution < 1.29 is 4.79 Å². The van der Waals surface area contributed by atoms with E-state index in [-0.39, 0.29) is 11.5 Å². The summed E-state index contributed by atoms with van der Waals surface area (Å²) in [7, 11) is 0. The van der Waals surface area contributed by atoms with E-state index in [2.05, 4.69) is 39.7 Å². The second-order valence-corrected chi connectivity index (χ2v) is 6.81. The molecule has 1 amide bonds. The summed E-state index contributed by atoms with van der Waals surface area (Å²) in [5.41, 5.74) is 2.46. The lowest BCUT2D eigenvalue weighted by Crippen LogP contribution is -2.27. The first-order valence-electron chi connectivity index (χ1n) is 8.53. The summed E-state index contributed by atoms with van der Waals surface area (Å²) in [4.78, 5) is 28.6. The van der Waals surface area contributed by atoms with Gasteiger partial charge in [-0.05, 0) is 37.2 Å². The first kappa shape index (κ1) is 15.6. The minimum absolute atomic E-state index is 0.0833. The minimum Gasteiger partial charge on any atom is -0.310 e. The summed E-state index contributed by atoms with van der Waals surface area (Å²) in [5.74, 6) is 1.18. The number of carbonyl (C=O) groups excluding carboxylic acids is 1. The zero-order valence-electron chi connectivity index (χ0n) is 14.0. The van der Waals surface area contributed by atoms with E-state index in [4.69, 9.17) is 0 Å². The summed E-state index contributed by atoms with van der Waals surface area (Å²) in [5, 5.41) is 5.67. The predicted molar refractivity (Wildman–Crippen MR) is 95.7 cm³/mol. The van der Waals surface area contributed by atoms with Crippen LogP contribution in [0.1, 0.15) is 36.4 Å². The zero-order valence-corrected chi connectivity index (χ0v) is 14.0. The van der Waals surface area contributed by atoms with Crippen LogP contribution >= 0.6 is 0 Å². The first-order chi connectivity index (χ1) is 12.1. The molecule has 4 rings (SSSR count). The Labute approximate surface area is 144 Å². The molecule has 0 aliphatic heterocycles. The lowest BCUT2D eigenvalue weighted by Gasteiger charge is -2.35. The molecule has 1 aliphatic rings. The number of hydrogen-bond acceptors (Lipinski definition) is 3. The van der Waals surface area contributed by atoms with Crippen molar-refractivity contribution >= 4 is 17.4 Å². The highest BCUT2D eigenvalue weighted by Gasteiger charge is 2.31. The van der Waals surface area contributed by atoms with Crippen LogP contribution < -0.4 is 10.9 Å². The highest BCUT2D eigenvalue weighted by molar-refractivity contribution is 5.90. The fourth-order valence-corrected chi connectivity index (χ4v) is 3.53. The summed E-state index contributed by atoms with van der Waals surface area (Å²) in [6.07, 6.45) is 2.53. The number of H-pyrrole nitrogens is 1. The van der Waals surface area contributed by atoms with Crippen LogP contribution in [0.4, 0.5) is 5.82 Å². The van der Waals surface area contributed by atoms with Crippen molar-refractivity contribution in [1.82, 2.24) is 14.6 Å². The molecule has 25 heavy (non-hydrogen) atoms. The average molecular weight is 336 g/mol. The fourth-order valence-electron chi connectivity index (χ4n) is 3.53. The van der Waals surface area contributed by atoms with Gasteiger partial charge >= 0.3 is 0 Å². The van der Waals surface area contributed by atoms with Crippen LogP contribution in [0.5, 0.6) is 0 Å². The molecule has 1 saturated carbocycles. The molecule has 2 aromatic heterocycles. The Hall–Kier alpha value is -2.89. The summed E-state index contributed by atoms with van der Waals surface area (Å²) in [6.45, 7) is 1.85. The van der Waals surface area contributed by atoms with Gasteiger partial charge in [0.15, 0.2) is 5.65 Å². The van der Waals surface area contributed by atoms with Crippen LogP contribution in [-0.4, -0.2) is 20.5 Å². The Morgan fingerprint density at radius 3 is 2.80 bits per heavy atom. The van der Waals surface area contributed by atoms with Crippen LogP contribution in [-0.2, 0) is 4.79 Å². The summed E-state index contributed by atoms with van der Waals surface area (Å²) in [6, 6.07) is 13.5. The highest BCUT2D eigenvalue weighted by atomic mass is 16.2. The molecule has 0 atom stereocenters. The number of anilines is 1. The number of amides is 1. The van der Waals surface area contributed by atoms with Gasteiger partial charge < -0.3 is 5.32 Å². The van der Waals surface area contributed by atoms with Crippen molar-refractivity contribution in [2.24, 2.45) is 5.92 Å². The predicted octanol–water partition coefficient (Wildman–Crippen LogP) is 2.85. The molecular weight excluding hydrogens is 316 g/mol. The SMILES string of the molecule is Cc1cc2nc(NC(=O)CC3CC(c4ccccc4)C3)cc(=O)n2[nH]1. The molecule has 128 valence electrons. The second kappa shape index (κ2) is 6.20. The van der Waals surface area contributed by atoms with E-state index in [0.29, 0.717) is 29.7 Å². The van der Waals surface area contributed by atoms with Gasteiger partial charge in [-0.25, -0.2) is 9.50 Å². The molecule has 6 nitrogen and oxygen atoms in total. The third-order valence-electron chi connectivity index (χ3n) is 4.83. The van der Waals surface area contributed by atoms with E-state index in [1.165, 1.54) is 16.1 Å². The van der Waals surface area contributed by atoms with Gasteiger partial charge in [0.2, 0.25) is 5.91 Å². The lowest BCUT2D eigenvalue weighted by atomic mass is 9.70. The quantitative estimate of drug-likeness (QED) is 0.769. The van der Waals surface area contributed by atoms with Gasteiger partial charge in [0.25, 0.3) is 5.56 Å². The van der Waals surface area contributed by atoms with Gasteiger partial charge in [-0.2, -0.15) is 0 Å². The smallest absolute Gasteiger partial charge is 0.274 e. The van der Waals surface area contributed by atoms with Gasteiger partial charge in [0, 0.05) is 24.2 Å². The van der Waals surface area contributed by atoms with Crippen molar-refractivity contribution in [3.63, 3.8) is 0 Å². The molecule has 1 fully saturated rings. The third-order valence-corrected chi connectivity index (χ3v) is 4.83. The number of rotatable bonds is 4. The molecule has 3 aromatic rings. The molecule has 2 N–H and O–H groups in total. The monoisotopic (exact) mass is 336 g/mol. The van der Waals surface area contributed by atoms with E-state index in [1.807, 2.05) is 13.0 Å². The number of aromatic amines is 1. The van der Waals surface area contributed by atoms with E-state index < -0.39 is 0 Å². The Morgan fingerprint density at radius 2 is 2.04 bits per heavy atom. The number of carbonyl (C=O) groups is 1. The topological polar surface area (TPSA) is 79.3 Å². The van der Waals surface area contributed by atoms with Crippen molar-refractivity contribution in [3.8, 4) is 0 Å². The highest BCUT2D eigenvalue weighted by Crippen LogP contribution is 2.43. The number of nitrogens with one attached hydrogen (secondary N) is 2. The van der Waals surface area contributed by atoms with E-state index >= 15 is 0 Å². The maximum absolute atomic E-state index is 12.2. The molecule has 0 saturated heterocycles. The van der Waals surface area contributed by atoms with Gasteiger partial charge in [0.1, 0.15) is 5.82 Å². The molecule has 0 bridgehead atoms. The first-order valence-corrected chi connectivity index (χ1v) is 8.53. The van der Waals surface area contributed by atoms with Gasteiger partial charge in [0.05, 0.1) is 0 Å². The van der Waals surface area contributed by atoms with Crippen LogP contribution in [0, 0.1) is 12.8 Å². The van der Waals surface area contributed by atoms with E-state index in [1.54, 1.807) is 6.07 Å². The third kappa shape index (κ3) is 3.20. The van der Waals surface area contributed by atoms with Crippen LogP contribution in [0.15, 0.2) is 47.3 Å².